The lowest BCUT2D eigenvalue weighted by atomic mass is 9.88. The van der Waals surface area contributed by atoms with Gasteiger partial charge in [-0.3, -0.25) is 9.97 Å². The number of ether oxygens (including phenoxy) is 1. The number of hydrogen-bond donors (Lipinski definition) is 0. The summed E-state index contributed by atoms with van der Waals surface area (Å²) in [6.45, 7) is 6.70. The summed E-state index contributed by atoms with van der Waals surface area (Å²) in [6, 6.07) is 37.7. The van der Waals surface area contributed by atoms with E-state index in [0.29, 0.717) is 0 Å². The molecule has 0 fully saturated rings. The Kier molecular flexibility index (Phi) is 11.2. The summed E-state index contributed by atoms with van der Waals surface area (Å²) in [5, 5.41) is 0. The van der Waals surface area contributed by atoms with Crippen LogP contribution in [0.4, 0.5) is 0 Å². The fraction of sp³-hybridized carbons (Fsp3) is 0.130. The maximum Gasteiger partial charge on any atom is 0.0790 e. The molecule has 2 aromatic heterocycles. The van der Waals surface area contributed by atoms with Gasteiger partial charge in [0.2, 0.25) is 0 Å². The van der Waals surface area contributed by atoms with Gasteiger partial charge >= 0.3 is 0 Å². The standard InChI is InChI=1S/C46H42N2O/c1-4-15-35(45-24-12-13-31-47-45)19-14-16-34(2)41-20-8-9-21-42(41)37-25-28-40(49-3)29-26-38(32-37)43-22-10-11-23-44(43)39-27-30-46(48-33-39)36-17-6-5-7-18-36/h5-15,17-27,29-33,40H,2,4,16,28H2,1,3H3/b19-14-,29-26?,35-15+,37-25?,38-32?. The predicted molar refractivity (Wildman–Crippen MR) is 207 cm³/mol. The van der Waals surface area contributed by atoms with Gasteiger partial charge in [0.1, 0.15) is 0 Å². The van der Waals surface area contributed by atoms with Crippen molar-refractivity contribution in [2.45, 2.75) is 32.3 Å². The van der Waals surface area contributed by atoms with Crippen LogP contribution in [0.2, 0.25) is 0 Å². The number of allylic oxidation sites excluding steroid dienone is 9. The number of aromatic nitrogens is 2. The summed E-state index contributed by atoms with van der Waals surface area (Å²) in [5.74, 6) is 0. The van der Waals surface area contributed by atoms with E-state index in [0.717, 1.165) is 86.3 Å². The van der Waals surface area contributed by atoms with Crippen LogP contribution in [-0.4, -0.2) is 23.2 Å². The van der Waals surface area contributed by atoms with E-state index in [1.165, 1.54) is 0 Å². The van der Waals surface area contributed by atoms with E-state index in [9.17, 15) is 0 Å². The van der Waals surface area contributed by atoms with Crippen molar-refractivity contribution in [3.05, 3.63) is 193 Å². The van der Waals surface area contributed by atoms with Gasteiger partial charge in [0.15, 0.2) is 0 Å². The van der Waals surface area contributed by atoms with Crippen LogP contribution in [-0.2, 0) is 4.74 Å². The number of pyridine rings is 2. The van der Waals surface area contributed by atoms with Crippen LogP contribution in [0, 0.1) is 0 Å². The Labute approximate surface area is 291 Å². The second-order valence-corrected chi connectivity index (χ2v) is 12.0. The van der Waals surface area contributed by atoms with Crippen molar-refractivity contribution < 1.29 is 4.74 Å². The van der Waals surface area contributed by atoms with Crippen LogP contribution in [0.3, 0.4) is 0 Å². The molecule has 2 heterocycles. The van der Waals surface area contributed by atoms with E-state index in [4.69, 9.17) is 9.72 Å². The van der Waals surface area contributed by atoms with Crippen molar-refractivity contribution in [2.24, 2.45) is 0 Å². The zero-order valence-electron chi connectivity index (χ0n) is 28.3. The molecule has 3 nitrogen and oxygen atoms in total. The summed E-state index contributed by atoms with van der Waals surface area (Å²) in [7, 11) is 1.77. The Bertz CT molecular complexity index is 2030. The molecule has 3 aromatic carbocycles. The molecule has 1 aliphatic rings. The molecular weight excluding hydrogens is 597 g/mol. The highest BCUT2D eigenvalue weighted by atomic mass is 16.5. The van der Waals surface area contributed by atoms with Gasteiger partial charge in [0, 0.05) is 30.6 Å². The fourth-order valence-corrected chi connectivity index (χ4v) is 6.15. The monoisotopic (exact) mass is 638 g/mol. The summed E-state index contributed by atoms with van der Waals surface area (Å²) < 4.78 is 5.87. The zero-order valence-corrected chi connectivity index (χ0v) is 28.3. The lowest BCUT2D eigenvalue weighted by Crippen LogP contribution is -2.07. The molecule has 1 aliphatic carbocycles. The van der Waals surface area contributed by atoms with Gasteiger partial charge in [-0.2, -0.15) is 0 Å². The molecule has 1 unspecified atom stereocenters. The molecule has 3 heteroatoms. The van der Waals surface area contributed by atoms with Crippen LogP contribution < -0.4 is 0 Å². The van der Waals surface area contributed by atoms with Crippen LogP contribution in [0.25, 0.3) is 44.7 Å². The van der Waals surface area contributed by atoms with Gasteiger partial charge in [0.05, 0.1) is 17.5 Å². The third kappa shape index (κ3) is 8.27. The van der Waals surface area contributed by atoms with Gasteiger partial charge < -0.3 is 4.74 Å². The molecule has 1 atom stereocenters. The van der Waals surface area contributed by atoms with Gasteiger partial charge in [-0.15, -0.1) is 0 Å². The molecule has 0 spiro atoms. The third-order valence-electron chi connectivity index (χ3n) is 8.72. The van der Waals surface area contributed by atoms with Crippen LogP contribution in [0.1, 0.15) is 48.6 Å². The summed E-state index contributed by atoms with van der Waals surface area (Å²) in [6.07, 6.45) is 21.8. The van der Waals surface area contributed by atoms with Crippen LogP contribution in [0.15, 0.2) is 171 Å². The third-order valence-corrected chi connectivity index (χ3v) is 8.72. The number of methoxy groups -OCH3 is 1. The average Bonchev–Trinajstić information content (AvgIpc) is 3.15. The Morgan fingerprint density at radius 2 is 1.55 bits per heavy atom. The Morgan fingerprint density at radius 3 is 2.29 bits per heavy atom. The van der Waals surface area contributed by atoms with Crippen molar-refractivity contribution >= 4 is 22.3 Å². The molecule has 6 rings (SSSR count). The quantitative estimate of drug-likeness (QED) is 0.135. The Hall–Kier alpha value is -5.64. The van der Waals surface area contributed by atoms with Crippen molar-refractivity contribution in [2.75, 3.05) is 7.11 Å². The van der Waals surface area contributed by atoms with Crippen LogP contribution in [0.5, 0.6) is 0 Å². The summed E-state index contributed by atoms with van der Waals surface area (Å²) in [5.41, 5.74) is 13.1. The number of rotatable bonds is 11. The van der Waals surface area contributed by atoms with E-state index in [-0.39, 0.29) is 6.10 Å². The first-order valence-corrected chi connectivity index (χ1v) is 16.9. The lowest BCUT2D eigenvalue weighted by Gasteiger charge is -2.19. The molecule has 0 saturated carbocycles. The minimum absolute atomic E-state index is 0.0358. The predicted octanol–water partition coefficient (Wildman–Crippen LogP) is 11.7. The van der Waals surface area contributed by atoms with Crippen molar-refractivity contribution in [3.63, 3.8) is 0 Å². The maximum absolute atomic E-state index is 5.87. The first-order chi connectivity index (χ1) is 24.1. The second-order valence-electron chi connectivity index (χ2n) is 12.0. The smallest absolute Gasteiger partial charge is 0.0790 e. The Morgan fingerprint density at radius 1 is 0.796 bits per heavy atom. The molecule has 0 bridgehead atoms. The SMILES string of the molecule is C=C(C/C=C\C(=C/CC)c1ccccn1)c1ccccc1C1=CCC(OC)C=CC(c2ccccc2-c2ccc(-c3ccccc3)nc2)=C1. The van der Waals surface area contributed by atoms with Crippen LogP contribution >= 0.6 is 0 Å². The second kappa shape index (κ2) is 16.5. The summed E-state index contributed by atoms with van der Waals surface area (Å²) in [4.78, 5) is 9.39. The first kappa shape index (κ1) is 33.3. The minimum Gasteiger partial charge on any atom is -0.377 e. The normalized spacial score (nSPS) is 15.0. The maximum atomic E-state index is 5.87. The molecule has 0 amide bonds. The van der Waals surface area contributed by atoms with Gasteiger partial charge in [0.25, 0.3) is 0 Å². The molecule has 242 valence electrons. The van der Waals surface area contributed by atoms with Crippen molar-refractivity contribution in [3.8, 4) is 22.4 Å². The molecular formula is C46H42N2O. The lowest BCUT2D eigenvalue weighted by molar-refractivity contribution is 0.143. The highest BCUT2D eigenvalue weighted by Gasteiger charge is 2.15. The molecule has 5 aromatic rings. The number of hydrogen-bond acceptors (Lipinski definition) is 3. The zero-order chi connectivity index (χ0) is 33.8. The van der Waals surface area contributed by atoms with E-state index in [1.807, 2.05) is 42.7 Å². The van der Waals surface area contributed by atoms with E-state index >= 15 is 0 Å². The highest BCUT2D eigenvalue weighted by molar-refractivity contribution is 5.94. The molecule has 49 heavy (non-hydrogen) atoms. The average molecular weight is 639 g/mol. The molecule has 0 radical (unpaired) electrons. The topological polar surface area (TPSA) is 35.0 Å². The van der Waals surface area contributed by atoms with Crippen molar-refractivity contribution in [1.82, 2.24) is 9.97 Å². The van der Waals surface area contributed by atoms with Crippen molar-refractivity contribution in [1.29, 1.82) is 0 Å². The highest BCUT2D eigenvalue weighted by Crippen LogP contribution is 2.36. The number of benzene rings is 3. The van der Waals surface area contributed by atoms with Gasteiger partial charge in [-0.25, -0.2) is 0 Å². The molecule has 0 saturated heterocycles. The van der Waals surface area contributed by atoms with E-state index in [2.05, 4.69) is 140 Å². The number of nitrogens with zero attached hydrogens (tertiary/aromatic N) is 2. The van der Waals surface area contributed by atoms with Gasteiger partial charge in [-0.05, 0) is 88.1 Å². The minimum atomic E-state index is -0.0358. The fourth-order valence-electron chi connectivity index (χ4n) is 6.15. The van der Waals surface area contributed by atoms with Gasteiger partial charge in [-0.1, -0.05) is 141 Å². The first-order valence-electron chi connectivity index (χ1n) is 16.9. The van der Waals surface area contributed by atoms with E-state index in [1.54, 1.807) is 7.11 Å². The molecule has 0 aliphatic heterocycles. The summed E-state index contributed by atoms with van der Waals surface area (Å²) >= 11 is 0. The largest absolute Gasteiger partial charge is 0.377 e. The van der Waals surface area contributed by atoms with E-state index < -0.39 is 0 Å². The molecule has 0 N–H and O–H groups in total. The Balaban J connectivity index is 1.33.